The molecule has 5 nitrogen and oxygen atoms in total. The fourth-order valence-electron chi connectivity index (χ4n) is 3.05. The van der Waals surface area contributed by atoms with E-state index in [1.54, 1.807) is 42.6 Å². The van der Waals surface area contributed by atoms with E-state index in [1.807, 2.05) is 6.07 Å². The molecule has 33 heavy (non-hydrogen) atoms. The topological polar surface area (TPSA) is 64.8 Å². The first-order valence-corrected chi connectivity index (χ1v) is 11.5. The van der Waals surface area contributed by atoms with Gasteiger partial charge in [-0.05, 0) is 60.5 Å². The van der Waals surface area contributed by atoms with Crippen molar-refractivity contribution in [3.63, 3.8) is 0 Å². The summed E-state index contributed by atoms with van der Waals surface area (Å²) >= 11 is 0. The van der Waals surface area contributed by atoms with E-state index in [4.69, 9.17) is 0 Å². The third-order valence-corrected chi connectivity index (χ3v) is 5.82. The lowest BCUT2D eigenvalue weighted by Gasteiger charge is -2.09. The van der Waals surface area contributed by atoms with Crippen molar-refractivity contribution in [2.75, 3.05) is 6.26 Å². The summed E-state index contributed by atoms with van der Waals surface area (Å²) in [5, 5.41) is 3.72. The first-order chi connectivity index (χ1) is 15.6. The Morgan fingerprint density at radius 3 is 2.18 bits per heavy atom. The van der Waals surface area contributed by atoms with Crippen molar-refractivity contribution >= 4 is 9.84 Å². The highest BCUT2D eigenvalue weighted by atomic mass is 32.2. The van der Waals surface area contributed by atoms with E-state index in [-0.39, 0.29) is 10.6 Å². The van der Waals surface area contributed by atoms with Crippen LogP contribution in [0.15, 0.2) is 83.9 Å². The number of hydrogen-bond acceptors (Lipinski definition) is 4. The van der Waals surface area contributed by atoms with Gasteiger partial charge in [0.1, 0.15) is 5.69 Å². The number of pyridine rings is 1. The van der Waals surface area contributed by atoms with E-state index in [0.717, 1.165) is 17.0 Å². The molecule has 2 heterocycles. The first-order valence-electron chi connectivity index (χ1n) is 9.62. The average molecular weight is 467 g/mol. The van der Waals surface area contributed by atoms with Crippen LogP contribution in [-0.4, -0.2) is 29.4 Å². The molecule has 0 unspecified atom stereocenters. The number of hydrogen-bond donors (Lipinski definition) is 0. The SMILES string of the molecule is CS(=O)(=O)c1ccc(-n2nc(C(F)(F)F)cc2-c2ccc(C#Cc3ccccn3)cc2)cc1. The smallest absolute Gasteiger partial charge is 0.248 e. The van der Waals surface area contributed by atoms with Gasteiger partial charge in [-0.25, -0.2) is 18.1 Å². The van der Waals surface area contributed by atoms with E-state index in [9.17, 15) is 21.6 Å². The summed E-state index contributed by atoms with van der Waals surface area (Å²) in [6.07, 6.45) is -1.95. The molecular weight excluding hydrogens is 451 g/mol. The summed E-state index contributed by atoms with van der Waals surface area (Å²) in [6.45, 7) is 0. The molecule has 0 amide bonds. The van der Waals surface area contributed by atoms with Gasteiger partial charge in [-0.1, -0.05) is 24.1 Å². The van der Waals surface area contributed by atoms with Crippen molar-refractivity contribution in [1.29, 1.82) is 0 Å². The fourth-order valence-corrected chi connectivity index (χ4v) is 3.68. The van der Waals surface area contributed by atoms with Crippen molar-refractivity contribution in [1.82, 2.24) is 14.8 Å². The van der Waals surface area contributed by atoms with Crippen LogP contribution in [0, 0.1) is 11.8 Å². The van der Waals surface area contributed by atoms with E-state index in [2.05, 4.69) is 21.9 Å². The Bertz CT molecular complexity index is 1450. The zero-order chi connectivity index (χ0) is 23.6. The molecule has 0 N–H and O–H groups in total. The minimum atomic E-state index is -4.64. The Morgan fingerprint density at radius 1 is 0.909 bits per heavy atom. The molecule has 0 saturated carbocycles. The van der Waals surface area contributed by atoms with Crippen LogP contribution in [0.3, 0.4) is 0 Å². The maximum atomic E-state index is 13.4. The van der Waals surface area contributed by atoms with Gasteiger partial charge in [-0.2, -0.15) is 18.3 Å². The lowest BCUT2D eigenvalue weighted by molar-refractivity contribution is -0.141. The molecule has 0 aliphatic carbocycles. The van der Waals surface area contributed by atoms with Gasteiger partial charge in [-0.15, -0.1) is 0 Å². The number of alkyl halides is 3. The van der Waals surface area contributed by atoms with Crippen molar-refractivity contribution in [3.05, 3.63) is 95.9 Å². The van der Waals surface area contributed by atoms with Crippen LogP contribution in [0.4, 0.5) is 13.2 Å². The van der Waals surface area contributed by atoms with Crippen molar-refractivity contribution in [2.45, 2.75) is 11.1 Å². The quantitative estimate of drug-likeness (QED) is 0.408. The molecule has 166 valence electrons. The Balaban J connectivity index is 1.73. The number of nitrogens with zero attached hydrogens (tertiary/aromatic N) is 3. The van der Waals surface area contributed by atoms with Gasteiger partial charge in [-0.3, -0.25) is 0 Å². The van der Waals surface area contributed by atoms with Crippen LogP contribution >= 0.6 is 0 Å². The summed E-state index contributed by atoms with van der Waals surface area (Å²) in [5.41, 5.74) is 1.22. The molecule has 4 aromatic rings. The molecule has 0 fully saturated rings. The maximum Gasteiger partial charge on any atom is 0.435 e. The van der Waals surface area contributed by atoms with Gasteiger partial charge in [0.15, 0.2) is 15.5 Å². The van der Waals surface area contributed by atoms with E-state index >= 15 is 0 Å². The molecule has 0 aliphatic rings. The standard InChI is InChI=1S/C24H16F3N3O2S/c1-33(31,32)21-13-11-20(12-14-21)30-22(16-23(29-30)24(25,26)27)18-8-5-17(6-9-18)7-10-19-4-2-3-15-28-19/h2-6,8-9,11-16H,1H3. The summed E-state index contributed by atoms with van der Waals surface area (Å²) in [5.74, 6) is 5.89. The van der Waals surface area contributed by atoms with Gasteiger partial charge in [0, 0.05) is 23.6 Å². The molecule has 2 aromatic carbocycles. The third-order valence-electron chi connectivity index (χ3n) is 4.69. The fraction of sp³-hybridized carbons (Fsp3) is 0.0833. The lowest BCUT2D eigenvalue weighted by Crippen LogP contribution is -2.07. The maximum absolute atomic E-state index is 13.4. The van der Waals surface area contributed by atoms with E-state index < -0.39 is 21.7 Å². The first kappa shape index (κ1) is 22.3. The molecule has 0 spiro atoms. The average Bonchev–Trinajstić information content (AvgIpc) is 3.24. The molecular formula is C24H16F3N3O2S. The normalized spacial score (nSPS) is 11.6. The second kappa shape index (κ2) is 8.56. The second-order valence-corrected chi connectivity index (χ2v) is 9.15. The molecule has 0 atom stereocenters. The van der Waals surface area contributed by atoms with Gasteiger partial charge in [0.05, 0.1) is 16.3 Å². The van der Waals surface area contributed by atoms with Gasteiger partial charge < -0.3 is 0 Å². The second-order valence-electron chi connectivity index (χ2n) is 7.13. The third kappa shape index (κ3) is 5.13. The number of benzene rings is 2. The summed E-state index contributed by atoms with van der Waals surface area (Å²) in [6, 6.07) is 18.5. The highest BCUT2D eigenvalue weighted by molar-refractivity contribution is 7.90. The number of rotatable bonds is 3. The summed E-state index contributed by atoms with van der Waals surface area (Å²) in [7, 11) is -3.44. The highest BCUT2D eigenvalue weighted by Crippen LogP contribution is 2.33. The number of aromatic nitrogens is 3. The summed E-state index contributed by atoms with van der Waals surface area (Å²) in [4.78, 5) is 4.18. The Kier molecular flexibility index (Phi) is 5.78. The van der Waals surface area contributed by atoms with Crippen LogP contribution in [0.1, 0.15) is 17.0 Å². The predicted octanol–water partition coefficient (Wildman–Crippen LogP) is 4.76. The van der Waals surface area contributed by atoms with Crippen LogP contribution in [0.5, 0.6) is 0 Å². The van der Waals surface area contributed by atoms with Crippen molar-refractivity contribution < 1.29 is 21.6 Å². The lowest BCUT2D eigenvalue weighted by atomic mass is 10.1. The summed E-state index contributed by atoms with van der Waals surface area (Å²) < 4.78 is 64.7. The Labute approximate surface area is 188 Å². The van der Waals surface area contributed by atoms with Gasteiger partial charge in [0.2, 0.25) is 0 Å². The Hall–Kier alpha value is -3.90. The molecule has 0 saturated heterocycles. The van der Waals surface area contributed by atoms with Gasteiger partial charge in [0.25, 0.3) is 0 Å². The van der Waals surface area contributed by atoms with Crippen LogP contribution < -0.4 is 0 Å². The number of halogens is 3. The largest absolute Gasteiger partial charge is 0.435 e. The zero-order valence-electron chi connectivity index (χ0n) is 17.2. The van der Waals surface area contributed by atoms with E-state index in [1.165, 1.54) is 24.3 Å². The van der Waals surface area contributed by atoms with Crippen LogP contribution in [-0.2, 0) is 16.0 Å². The zero-order valence-corrected chi connectivity index (χ0v) is 18.0. The molecule has 2 aromatic heterocycles. The molecule has 0 radical (unpaired) electrons. The van der Waals surface area contributed by atoms with Crippen LogP contribution in [0.2, 0.25) is 0 Å². The molecule has 0 bridgehead atoms. The highest BCUT2D eigenvalue weighted by Gasteiger charge is 2.35. The van der Waals surface area contributed by atoms with Crippen molar-refractivity contribution in [2.24, 2.45) is 0 Å². The monoisotopic (exact) mass is 467 g/mol. The molecule has 4 rings (SSSR count). The van der Waals surface area contributed by atoms with Gasteiger partial charge >= 0.3 is 6.18 Å². The molecule has 9 heteroatoms. The van der Waals surface area contributed by atoms with E-state index in [0.29, 0.717) is 22.5 Å². The number of sulfone groups is 1. The minimum Gasteiger partial charge on any atom is -0.248 e. The van der Waals surface area contributed by atoms with Crippen molar-refractivity contribution in [3.8, 4) is 28.8 Å². The molecule has 0 aliphatic heterocycles. The Morgan fingerprint density at radius 2 is 1.61 bits per heavy atom. The van der Waals surface area contributed by atoms with Crippen LogP contribution in [0.25, 0.3) is 16.9 Å². The minimum absolute atomic E-state index is 0.0619. The predicted molar refractivity (Wildman–Crippen MR) is 117 cm³/mol.